The zero-order valence-electron chi connectivity index (χ0n) is 18.0. The molecule has 34 heavy (non-hydrogen) atoms. The summed E-state index contributed by atoms with van der Waals surface area (Å²) in [5, 5.41) is 14.2. The lowest BCUT2D eigenvalue weighted by molar-refractivity contribution is -0.129. The van der Waals surface area contributed by atoms with Gasteiger partial charge in [0.15, 0.2) is 11.5 Å². The Labute approximate surface area is 213 Å². The van der Waals surface area contributed by atoms with Crippen molar-refractivity contribution in [3.05, 3.63) is 103 Å². The van der Waals surface area contributed by atoms with Crippen molar-refractivity contribution in [1.82, 2.24) is 4.90 Å². The van der Waals surface area contributed by atoms with Crippen LogP contribution in [0.4, 0.5) is 0 Å². The average molecular weight is 557 g/mol. The minimum Gasteiger partial charge on any atom is -0.503 e. The van der Waals surface area contributed by atoms with Gasteiger partial charge in [0.25, 0.3) is 5.91 Å². The summed E-state index contributed by atoms with van der Waals surface area (Å²) in [6.07, 6.45) is 0.553. The summed E-state index contributed by atoms with van der Waals surface area (Å²) in [7, 11) is 0. The summed E-state index contributed by atoms with van der Waals surface area (Å²) in [6.45, 7) is 2.26. The molecule has 1 atom stereocenters. The minimum atomic E-state index is -0.688. The van der Waals surface area contributed by atoms with Crippen molar-refractivity contribution < 1.29 is 19.1 Å². The smallest absolute Gasteiger partial charge is 0.290 e. The molecule has 0 fully saturated rings. The second kappa shape index (κ2) is 9.06. The van der Waals surface area contributed by atoms with Crippen LogP contribution in [0.5, 0.6) is 0 Å². The molecule has 1 N–H and O–H groups in total. The van der Waals surface area contributed by atoms with Crippen molar-refractivity contribution in [2.24, 2.45) is 0 Å². The van der Waals surface area contributed by atoms with E-state index in [0.717, 1.165) is 25.9 Å². The zero-order valence-corrected chi connectivity index (χ0v) is 21.2. The van der Waals surface area contributed by atoms with Crippen LogP contribution in [0.3, 0.4) is 0 Å². The zero-order chi connectivity index (χ0) is 24.0. The molecule has 5 nitrogen and oxygen atoms in total. The highest BCUT2D eigenvalue weighted by Gasteiger charge is 2.45. The van der Waals surface area contributed by atoms with Gasteiger partial charge in [0.2, 0.25) is 5.78 Å². The average Bonchev–Trinajstić information content (AvgIpc) is 3.49. The van der Waals surface area contributed by atoms with Crippen LogP contribution in [-0.4, -0.2) is 28.2 Å². The van der Waals surface area contributed by atoms with Crippen LogP contribution in [0.25, 0.3) is 11.0 Å². The van der Waals surface area contributed by atoms with Gasteiger partial charge in [-0.1, -0.05) is 39.7 Å². The molecule has 5 rings (SSSR count). The van der Waals surface area contributed by atoms with Crippen molar-refractivity contribution >= 4 is 61.5 Å². The third kappa shape index (κ3) is 4.08. The summed E-state index contributed by atoms with van der Waals surface area (Å²) >= 11 is 10.9. The third-order valence-corrected chi connectivity index (χ3v) is 7.77. The van der Waals surface area contributed by atoms with Crippen LogP contribution in [0.2, 0.25) is 5.02 Å². The van der Waals surface area contributed by atoms with Crippen LogP contribution >= 0.6 is 38.9 Å². The van der Waals surface area contributed by atoms with Gasteiger partial charge < -0.3 is 14.4 Å². The van der Waals surface area contributed by atoms with E-state index in [0.29, 0.717) is 23.6 Å². The maximum absolute atomic E-state index is 13.6. The number of rotatable bonds is 6. The van der Waals surface area contributed by atoms with Crippen LogP contribution < -0.4 is 0 Å². The van der Waals surface area contributed by atoms with Gasteiger partial charge in [-0.15, -0.1) is 11.3 Å². The number of hydrogen-bond donors (Lipinski definition) is 1. The number of carbonyl (C=O) groups is 2. The Bertz CT molecular complexity index is 1450. The number of amides is 1. The molecule has 172 valence electrons. The summed E-state index contributed by atoms with van der Waals surface area (Å²) in [5.74, 6) is -1.50. The fourth-order valence-corrected chi connectivity index (χ4v) is 5.76. The summed E-state index contributed by atoms with van der Waals surface area (Å²) < 4.78 is 6.66. The highest BCUT2D eigenvalue weighted by Crippen LogP contribution is 2.42. The number of fused-ring (bicyclic) bond motifs is 1. The minimum absolute atomic E-state index is 0.0461. The number of Topliss-reactive ketones (excluding diaryl/α,β-unsaturated/α-hetero) is 1. The van der Waals surface area contributed by atoms with Crippen molar-refractivity contribution in [3.8, 4) is 0 Å². The number of aryl methyl sites for hydroxylation is 1. The number of aliphatic hydroxyl groups is 1. The van der Waals surface area contributed by atoms with E-state index in [1.165, 1.54) is 11.3 Å². The second-order valence-electron chi connectivity index (χ2n) is 8.13. The first-order valence-electron chi connectivity index (χ1n) is 10.6. The largest absolute Gasteiger partial charge is 0.503 e. The summed E-state index contributed by atoms with van der Waals surface area (Å²) in [4.78, 5) is 29.2. The number of benzene rings is 2. The molecule has 4 aromatic rings. The van der Waals surface area contributed by atoms with E-state index in [-0.39, 0.29) is 11.3 Å². The lowest BCUT2D eigenvalue weighted by Crippen LogP contribution is -2.33. The SMILES string of the molecule is Cc1ccsc1C1C(C(=O)c2cc3cc(Br)ccc3o2)=C(O)C(=O)N1CCc1ccc(Cl)cc1. The molecule has 2 aromatic carbocycles. The van der Waals surface area contributed by atoms with Crippen LogP contribution in [0, 0.1) is 6.92 Å². The van der Waals surface area contributed by atoms with Crippen molar-refractivity contribution in [1.29, 1.82) is 0 Å². The van der Waals surface area contributed by atoms with Crippen LogP contribution in [-0.2, 0) is 11.2 Å². The quantitative estimate of drug-likeness (QED) is 0.259. The lowest BCUT2D eigenvalue weighted by Gasteiger charge is -2.26. The Kier molecular flexibility index (Phi) is 6.10. The van der Waals surface area contributed by atoms with Crippen LogP contribution in [0.1, 0.15) is 32.6 Å². The van der Waals surface area contributed by atoms with Crippen LogP contribution in [0.15, 0.2) is 80.2 Å². The normalized spacial score (nSPS) is 16.1. The number of nitrogens with zero attached hydrogens (tertiary/aromatic N) is 1. The van der Waals surface area contributed by atoms with E-state index in [9.17, 15) is 14.7 Å². The third-order valence-electron chi connectivity index (χ3n) is 5.96. The number of thiophene rings is 1. The Hall–Kier alpha value is -2.87. The van der Waals surface area contributed by atoms with E-state index in [1.807, 2.05) is 42.6 Å². The molecule has 2 aromatic heterocycles. The van der Waals surface area contributed by atoms with Gasteiger partial charge in [0.1, 0.15) is 11.6 Å². The molecule has 0 saturated heterocycles. The first-order chi connectivity index (χ1) is 16.3. The number of halogens is 2. The van der Waals surface area contributed by atoms with Crippen molar-refractivity contribution in [3.63, 3.8) is 0 Å². The highest BCUT2D eigenvalue weighted by atomic mass is 79.9. The van der Waals surface area contributed by atoms with E-state index in [1.54, 1.807) is 29.2 Å². The molecule has 0 bridgehead atoms. The number of hydrogen-bond acceptors (Lipinski definition) is 5. The predicted octanol–water partition coefficient (Wildman–Crippen LogP) is 7.04. The van der Waals surface area contributed by atoms with Crippen molar-refractivity contribution in [2.45, 2.75) is 19.4 Å². The molecule has 1 unspecified atom stereocenters. The number of carbonyl (C=O) groups excluding carboxylic acids is 2. The first kappa shape index (κ1) is 22.9. The van der Waals surface area contributed by atoms with E-state index >= 15 is 0 Å². The maximum atomic E-state index is 13.6. The van der Waals surface area contributed by atoms with E-state index in [2.05, 4.69) is 15.9 Å². The van der Waals surface area contributed by atoms with E-state index < -0.39 is 23.5 Å². The fourth-order valence-electron chi connectivity index (χ4n) is 4.21. The Morgan fingerprint density at radius 3 is 2.65 bits per heavy atom. The maximum Gasteiger partial charge on any atom is 0.290 e. The van der Waals surface area contributed by atoms with Gasteiger partial charge in [-0.3, -0.25) is 9.59 Å². The topological polar surface area (TPSA) is 70.7 Å². The molecule has 0 saturated carbocycles. The standard InChI is InChI=1S/C26H19BrClNO4S/c1-14-9-11-34-25(14)22-21(23(30)20-13-16-12-17(27)4-7-19(16)33-20)24(31)26(32)29(22)10-8-15-2-5-18(28)6-3-15/h2-7,9,11-13,22,31H,8,10H2,1H3. The summed E-state index contributed by atoms with van der Waals surface area (Å²) in [6, 6.07) is 15.7. The molecular weight excluding hydrogens is 538 g/mol. The molecule has 0 spiro atoms. The fraction of sp³-hybridized carbons (Fsp3) is 0.154. The second-order valence-corrected chi connectivity index (χ2v) is 10.4. The summed E-state index contributed by atoms with van der Waals surface area (Å²) in [5.41, 5.74) is 2.55. The monoisotopic (exact) mass is 555 g/mol. The molecule has 1 aliphatic rings. The lowest BCUT2D eigenvalue weighted by atomic mass is 9.98. The highest BCUT2D eigenvalue weighted by molar-refractivity contribution is 9.10. The van der Waals surface area contributed by atoms with E-state index in [4.69, 9.17) is 16.0 Å². The first-order valence-corrected chi connectivity index (χ1v) is 12.6. The molecule has 8 heteroatoms. The van der Waals surface area contributed by atoms with Gasteiger partial charge in [0.05, 0.1) is 5.57 Å². The molecule has 1 amide bonds. The number of aliphatic hydroxyl groups excluding tert-OH is 1. The Morgan fingerprint density at radius 2 is 1.94 bits per heavy atom. The molecular formula is C26H19BrClNO4S. The van der Waals surface area contributed by atoms with Gasteiger partial charge in [-0.2, -0.15) is 0 Å². The Balaban J connectivity index is 1.52. The molecule has 0 aliphatic carbocycles. The molecule has 3 heterocycles. The molecule has 0 radical (unpaired) electrons. The Morgan fingerprint density at radius 1 is 1.18 bits per heavy atom. The van der Waals surface area contributed by atoms with Gasteiger partial charge in [0, 0.05) is 26.3 Å². The number of ketones is 1. The van der Waals surface area contributed by atoms with Gasteiger partial charge >= 0.3 is 0 Å². The van der Waals surface area contributed by atoms with Gasteiger partial charge in [-0.05, 0) is 72.3 Å². The number of furan rings is 1. The van der Waals surface area contributed by atoms with Crippen molar-refractivity contribution in [2.75, 3.05) is 6.54 Å². The predicted molar refractivity (Wildman–Crippen MR) is 137 cm³/mol. The van der Waals surface area contributed by atoms with Gasteiger partial charge in [-0.25, -0.2) is 0 Å². The molecule has 1 aliphatic heterocycles.